The third kappa shape index (κ3) is 2.93. The SMILES string of the molecule is CCC1CCC(C)N1CC(NC)c1ccccc1. The summed E-state index contributed by atoms with van der Waals surface area (Å²) in [4.78, 5) is 2.69. The Bertz CT molecular complexity index is 349. The molecule has 1 aromatic rings. The number of hydrogen-bond donors (Lipinski definition) is 1. The van der Waals surface area contributed by atoms with Crippen LogP contribution in [-0.4, -0.2) is 30.6 Å². The average Bonchev–Trinajstić information content (AvgIpc) is 2.77. The molecule has 1 aliphatic heterocycles. The Morgan fingerprint density at radius 1 is 1.28 bits per heavy atom. The zero-order valence-corrected chi connectivity index (χ0v) is 11.9. The molecule has 2 rings (SSSR count). The van der Waals surface area contributed by atoms with Crippen LogP contribution < -0.4 is 5.32 Å². The molecule has 1 aliphatic rings. The maximum atomic E-state index is 3.47. The average molecular weight is 246 g/mol. The third-order valence-corrected chi connectivity index (χ3v) is 4.37. The highest BCUT2D eigenvalue weighted by Gasteiger charge is 2.30. The molecule has 0 spiro atoms. The van der Waals surface area contributed by atoms with Crippen LogP contribution in [0.2, 0.25) is 0 Å². The summed E-state index contributed by atoms with van der Waals surface area (Å²) in [7, 11) is 2.07. The lowest BCUT2D eigenvalue weighted by Gasteiger charge is -2.31. The number of rotatable bonds is 5. The van der Waals surface area contributed by atoms with Gasteiger partial charge in [0.05, 0.1) is 0 Å². The summed E-state index contributed by atoms with van der Waals surface area (Å²) in [5, 5.41) is 3.47. The Balaban J connectivity index is 2.06. The van der Waals surface area contributed by atoms with Crippen LogP contribution in [0.15, 0.2) is 30.3 Å². The van der Waals surface area contributed by atoms with Gasteiger partial charge in [0.2, 0.25) is 0 Å². The predicted octanol–water partition coefficient (Wildman–Crippen LogP) is 3.21. The molecule has 0 bridgehead atoms. The van der Waals surface area contributed by atoms with Gasteiger partial charge in [0.1, 0.15) is 0 Å². The van der Waals surface area contributed by atoms with Crippen molar-refractivity contribution < 1.29 is 0 Å². The van der Waals surface area contributed by atoms with Gasteiger partial charge in [-0.15, -0.1) is 0 Å². The van der Waals surface area contributed by atoms with Gasteiger partial charge in [0, 0.05) is 24.7 Å². The fraction of sp³-hybridized carbons (Fsp3) is 0.625. The maximum Gasteiger partial charge on any atom is 0.0447 e. The highest BCUT2D eigenvalue weighted by atomic mass is 15.2. The molecule has 18 heavy (non-hydrogen) atoms. The zero-order valence-electron chi connectivity index (χ0n) is 11.9. The first-order valence-corrected chi connectivity index (χ1v) is 7.24. The van der Waals surface area contributed by atoms with Gasteiger partial charge in [0.15, 0.2) is 0 Å². The van der Waals surface area contributed by atoms with E-state index in [1.165, 1.54) is 24.8 Å². The van der Waals surface area contributed by atoms with Gasteiger partial charge in [-0.25, -0.2) is 0 Å². The van der Waals surface area contributed by atoms with Crippen LogP contribution in [0.5, 0.6) is 0 Å². The van der Waals surface area contributed by atoms with Crippen molar-refractivity contribution in [1.29, 1.82) is 0 Å². The fourth-order valence-electron chi connectivity index (χ4n) is 3.15. The summed E-state index contributed by atoms with van der Waals surface area (Å²) in [5.41, 5.74) is 1.40. The molecule has 1 aromatic carbocycles. The van der Waals surface area contributed by atoms with Crippen LogP contribution in [0.1, 0.15) is 44.7 Å². The highest BCUT2D eigenvalue weighted by Crippen LogP contribution is 2.28. The molecule has 2 heteroatoms. The van der Waals surface area contributed by atoms with Crippen LogP contribution in [0.4, 0.5) is 0 Å². The molecule has 2 nitrogen and oxygen atoms in total. The van der Waals surface area contributed by atoms with E-state index in [0.717, 1.165) is 18.6 Å². The molecule has 0 amide bonds. The van der Waals surface area contributed by atoms with Gasteiger partial charge >= 0.3 is 0 Å². The van der Waals surface area contributed by atoms with Gasteiger partial charge in [0.25, 0.3) is 0 Å². The molecule has 0 aliphatic carbocycles. The second-order valence-electron chi connectivity index (χ2n) is 5.44. The van der Waals surface area contributed by atoms with Gasteiger partial charge < -0.3 is 5.32 Å². The number of likely N-dealkylation sites (tertiary alicyclic amines) is 1. The van der Waals surface area contributed by atoms with Gasteiger partial charge in [-0.3, -0.25) is 4.90 Å². The Morgan fingerprint density at radius 2 is 2.00 bits per heavy atom. The summed E-state index contributed by atoms with van der Waals surface area (Å²) in [6.45, 7) is 5.81. The van der Waals surface area contributed by atoms with E-state index in [-0.39, 0.29) is 0 Å². The fourth-order valence-corrected chi connectivity index (χ4v) is 3.15. The lowest BCUT2D eigenvalue weighted by molar-refractivity contribution is 0.179. The zero-order chi connectivity index (χ0) is 13.0. The van der Waals surface area contributed by atoms with Crippen molar-refractivity contribution in [3.8, 4) is 0 Å². The van der Waals surface area contributed by atoms with E-state index in [9.17, 15) is 0 Å². The van der Waals surface area contributed by atoms with Gasteiger partial charge in [-0.05, 0) is 38.8 Å². The van der Waals surface area contributed by atoms with Crippen molar-refractivity contribution in [1.82, 2.24) is 10.2 Å². The maximum absolute atomic E-state index is 3.47. The first-order chi connectivity index (χ1) is 8.76. The highest BCUT2D eigenvalue weighted by molar-refractivity contribution is 5.19. The quantitative estimate of drug-likeness (QED) is 0.858. The number of hydrogen-bond acceptors (Lipinski definition) is 2. The van der Waals surface area contributed by atoms with Crippen LogP contribution in [-0.2, 0) is 0 Å². The minimum Gasteiger partial charge on any atom is -0.312 e. The number of benzene rings is 1. The first kappa shape index (κ1) is 13.6. The molecule has 3 atom stereocenters. The smallest absolute Gasteiger partial charge is 0.0447 e. The predicted molar refractivity (Wildman–Crippen MR) is 77.7 cm³/mol. The van der Waals surface area contributed by atoms with Crippen molar-refractivity contribution in [3.63, 3.8) is 0 Å². The number of likely N-dealkylation sites (N-methyl/N-ethyl adjacent to an activating group) is 1. The summed E-state index contributed by atoms with van der Waals surface area (Å²) in [5.74, 6) is 0. The molecule has 0 radical (unpaired) electrons. The van der Waals surface area contributed by atoms with E-state index in [1.807, 2.05) is 0 Å². The lowest BCUT2D eigenvalue weighted by atomic mass is 10.1. The van der Waals surface area contributed by atoms with Crippen LogP contribution in [0.25, 0.3) is 0 Å². The molecule has 0 saturated carbocycles. The Morgan fingerprint density at radius 3 is 2.61 bits per heavy atom. The monoisotopic (exact) mass is 246 g/mol. The summed E-state index contributed by atoms with van der Waals surface area (Å²) >= 11 is 0. The van der Waals surface area contributed by atoms with Crippen molar-refractivity contribution in [2.45, 2.75) is 51.2 Å². The minimum absolute atomic E-state index is 0.445. The van der Waals surface area contributed by atoms with E-state index in [4.69, 9.17) is 0 Å². The molecule has 1 heterocycles. The third-order valence-electron chi connectivity index (χ3n) is 4.37. The summed E-state index contributed by atoms with van der Waals surface area (Å²) in [6.07, 6.45) is 3.99. The minimum atomic E-state index is 0.445. The van der Waals surface area contributed by atoms with Crippen molar-refractivity contribution in [2.24, 2.45) is 0 Å². The largest absolute Gasteiger partial charge is 0.312 e. The van der Waals surface area contributed by atoms with E-state index in [2.05, 4.69) is 61.4 Å². The first-order valence-electron chi connectivity index (χ1n) is 7.24. The summed E-state index contributed by atoms with van der Waals surface area (Å²) in [6, 6.07) is 12.7. The Hall–Kier alpha value is -0.860. The topological polar surface area (TPSA) is 15.3 Å². The standard InChI is InChI=1S/C16H26N2/c1-4-15-11-10-13(2)18(15)12-16(17-3)14-8-6-5-7-9-14/h5-9,13,15-17H,4,10-12H2,1-3H3. The Labute approximate surface area is 111 Å². The second kappa shape index (κ2) is 6.35. The van der Waals surface area contributed by atoms with Crippen LogP contribution in [0.3, 0.4) is 0 Å². The van der Waals surface area contributed by atoms with Crippen molar-refractivity contribution >= 4 is 0 Å². The molecule has 3 unspecified atom stereocenters. The van der Waals surface area contributed by atoms with E-state index < -0.39 is 0 Å². The lowest BCUT2D eigenvalue weighted by Crippen LogP contribution is -2.40. The number of nitrogens with one attached hydrogen (secondary N) is 1. The van der Waals surface area contributed by atoms with E-state index in [0.29, 0.717) is 6.04 Å². The normalized spacial score (nSPS) is 26.4. The van der Waals surface area contributed by atoms with Crippen molar-refractivity contribution in [3.05, 3.63) is 35.9 Å². The van der Waals surface area contributed by atoms with Crippen LogP contribution in [0, 0.1) is 0 Å². The number of nitrogens with zero attached hydrogens (tertiary/aromatic N) is 1. The van der Waals surface area contributed by atoms with E-state index in [1.54, 1.807) is 0 Å². The molecular weight excluding hydrogens is 220 g/mol. The van der Waals surface area contributed by atoms with Crippen LogP contribution >= 0.6 is 0 Å². The summed E-state index contributed by atoms with van der Waals surface area (Å²) < 4.78 is 0. The van der Waals surface area contributed by atoms with Crippen molar-refractivity contribution in [2.75, 3.05) is 13.6 Å². The molecule has 1 saturated heterocycles. The van der Waals surface area contributed by atoms with Gasteiger partial charge in [-0.1, -0.05) is 37.3 Å². The molecular formula is C16H26N2. The Kier molecular flexibility index (Phi) is 4.79. The molecule has 1 N–H and O–H groups in total. The molecule has 1 fully saturated rings. The molecule has 100 valence electrons. The van der Waals surface area contributed by atoms with E-state index >= 15 is 0 Å². The van der Waals surface area contributed by atoms with Gasteiger partial charge in [-0.2, -0.15) is 0 Å². The molecule has 0 aromatic heterocycles. The second-order valence-corrected chi connectivity index (χ2v) is 5.44.